The number of nitrogens with zero attached hydrogens (tertiary/aromatic N) is 1. The van der Waals surface area contributed by atoms with Gasteiger partial charge in [-0.15, -0.1) is 0 Å². The van der Waals surface area contributed by atoms with Crippen LogP contribution in [0.15, 0.2) is 29.1 Å². The number of aromatic nitrogens is 2. The second-order valence-corrected chi connectivity index (χ2v) is 5.94. The topological polar surface area (TPSA) is 76.2 Å². The van der Waals surface area contributed by atoms with Gasteiger partial charge in [0.15, 0.2) is 0 Å². The van der Waals surface area contributed by atoms with Crippen LogP contribution in [0.1, 0.15) is 29.7 Å². The largest absolute Gasteiger partial charge is 0.487 e. The molecule has 6 nitrogen and oxygen atoms in total. The number of rotatable bonds is 2. The van der Waals surface area contributed by atoms with Gasteiger partial charge < -0.3 is 14.8 Å². The standard InChI is InChI=1S/C17H19N3O3/c21-16-13-9-11-3-1-2-4-15(11)23-10-14(13)19-17(20-16)18-12-5-7-22-8-6-12/h1-4,12H,5-10H2,(H2,18,19,20,21). The van der Waals surface area contributed by atoms with E-state index in [1.54, 1.807) is 0 Å². The third kappa shape index (κ3) is 2.94. The molecule has 2 aliphatic heterocycles. The Morgan fingerprint density at radius 1 is 1.22 bits per heavy atom. The number of H-pyrrole nitrogens is 1. The SMILES string of the molecule is O=c1[nH]c(NC2CCOCC2)nc2c1Cc1ccccc1OC2. The molecule has 23 heavy (non-hydrogen) atoms. The Bertz CT molecular complexity index is 766. The van der Waals surface area contributed by atoms with Gasteiger partial charge in [-0.1, -0.05) is 18.2 Å². The number of para-hydroxylation sites is 1. The van der Waals surface area contributed by atoms with Gasteiger partial charge >= 0.3 is 0 Å². The summed E-state index contributed by atoms with van der Waals surface area (Å²) < 4.78 is 11.2. The van der Waals surface area contributed by atoms with Crippen LogP contribution in [0.4, 0.5) is 5.95 Å². The highest BCUT2D eigenvalue weighted by molar-refractivity contribution is 5.41. The number of hydrogen-bond donors (Lipinski definition) is 2. The van der Waals surface area contributed by atoms with E-state index in [1.165, 1.54) is 0 Å². The zero-order valence-corrected chi connectivity index (χ0v) is 12.8. The van der Waals surface area contributed by atoms with Gasteiger partial charge in [-0.25, -0.2) is 4.98 Å². The first-order valence-corrected chi connectivity index (χ1v) is 7.96. The van der Waals surface area contributed by atoms with E-state index in [2.05, 4.69) is 15.3 Å². The van der Waals surface area contributed by atoms with Crippen LogP contribution in [-0.4, -0.2) is 29.2 Å². The third-order valence-electron chi connectivity index (χ3n) is 4.37. The lowest BCUT2D eigenvalue weighted by Crippen LogP contribution is -2.30. The van der Waals surface area contributed by atoms with Gasteiger partial charge in [0, 0.05) is 31.2 Å². The summed E-state index contributed by atoms with van der Waals surface area (Å²) in [4.78, 5) is 19.9. The third-order valence-corrected chi connectivity index (χ3v) is 4.37. The molecule has 2 aromatic rings. The van der Waals surface area contributed by atoms with E-state index < -0.39 is 0 Å². The van der Waals surface area contributed by atoms with Crippen molar-refractivity contribution in [2.45, 2.75) is 31.9 Å². The summed E-state index contributed by atoms with van der Waals surface area (Å²) in [6, 6.07) is 8.09. The normalized spacial score (nSPS) is 17.6. The van der Waals surface area contributed by atoms with Gasteiger partial charge in [0.1, 0.15) is 12.4 Å². The number of fused-ring (bicyclic) bond motifs is 2. The molecule has 0 atom stereocenters. The Hall–Kier alpha value is -2.34. The highest BCUT2D eigenvalue weighted by Crippen LogP contribution is 2.26. The van der Waals surface area contributed by atoms with Crippen molar-refractivity contribution in [1.82, 2.24) is 9.97 Å². The van der Waals surface area contributed by atoms with Crippen LogP contribution in [0.25, 0.3) is 0 Å². The van der Waals surface area contributed by atoms with Crippen LogP contribution in [0.2, 0.25) is 0 Å². The quantitative estimate of drug-likeness (QED) is 0.885. The van der Waals surface area contributed by atoms with Crippen molar-refractivity contribution in [2.24, 2.45) is 0 Å². The molecule has 3 heterocycles. The Morgan fingerprint density at radius 3 is 2.91 bits per heavy atom. The molecule has 2 N–H and O–H groups in total. The summed E-state index contributed by atoms with van der Waals surface area (Å²) in [7, 11) is 0. The Kier molecular flexibility index (Phi) is 3.75. The van der Waals surface area contributed by atoms with Crippen molar-refractivity contribution >= 4 is 5.95 Å². The number of anilines is 1. The van der Waals surface area contributed by atoms with Crippen molar-refractivity contribution in [1.29, 1.82) is 0 Å². The second kappa shape index (κ2) is 6.04. The van der Waals surface area contributed by atoms with Gasteiger partial charge in [-0.2, -0.15) is 0 Å². The first-order valence-electron chi connectivity index (χ1n) is 7.96. The van der Waals surface area contributed by atoms with E-state index in [4.69, 9.17) is 9.47 Å². The predicted octanol–water partition coefficient (Wildman–Crippen LogP) is 1.84. The fourth-order valence-electron chi connectivity index (χ4n) is 3.08. The molecule has 0 amide bonds. The molecule has 1 aromatic carbocycles. The van der Waals surface area contributed by atoms with Gasteiger partial charge in [0.05, 0.1) is 5.69 Å². The number of ether oxygens (including phenoxy) is 2. The zero-order chi connectivity index (χ0) is 15.6. The monoisotopic (exact) mass is 313 g/mol. The molecule has 120 valence electrons. The predicted molar refractivity (Wildman–Crippen MR) is 85.9 cm³/mol. The highest BCUT2D eigenvalue weighted by atomic mass is 16.5. The van der Waals surface area contributed by atoms with E-state index in [-0.39, 0.29) is 11.6 Å². The summed E-state index contributed by atoms with van der Waals surface area (Å²) >= 11 is 0. The number of aromatic amines is 1. The Labute approximate surface area is 133 Å². The average molecular weight is 313 g/mol. The number of benzene rings is 1. The zero-order valence-electron chi connectivity index (χ0n) is 12.8. The second-order valence-electron chi connectivity index (χ2n) is 5.94. The molecule has 0 radical (unpaired) electrons. The van der Waals surface area contributed by atoms with E-state index in [0.29, 0.717) is 30.2 Å². The fourth-order valence-corrected chi connectivity index (χ4v) is 3.08. The number of hydrogen-bond acceptors (Lipinski definition) is 5. The van der Waals surface area contributed by atoms with Crippen molar-refractivity contribution < 1.29 is 9.47 Å². The lowest BCUT2D eigenvalue weighted by Gasteiger charge is -2.23. The minimum absolute atomic E-state index is 0.0927. The van der Waals surface area contributed by atoms with Gasteiger partial charge in [0.25, 0.3) is 5.56 Å². The maximum atomic E-state index is 12.5. The van der Waals surface area contributed by atoms with Crippen molar-refractivity contribution in [3.8, 4) is 5.75 Å². The van der Waals surface area contributed by atoms with Crippen molar-refractivity contribution in [3.63, 3.8) is 0 Å². The van der Waals surface area contributed by atoms with E-state index in [0.717, 1.165) is 37.4 Å². The first kappa shape index (κ1) is 14.3. The lowest BCUT2D eigenvalue weighted by atomic mass is 10.1. The minimum atomic E-state index is -0.0927. The maximum Gasteiger partial charge on any atom is 0.256 e. The molecular formula is C17H19N3O3. The smallest absolute Gasteiger partial charge is 0.256 e. The van der Waals surface area contributed by atoms with Gasteiger partial charge in [-0.05, 0) is 24.5 Å². The van der Waals surface area contributed by atoms with Crippen LogP contribution < -0.4 is 15.6 Å². The molecule has 0 aliphatic carbocycles. The first-order chi connectivity index (χ1) is 11.3. The van der Waals surface area contributed by atoms with Gasteiger partial charge in [-0.3, -0.25) is 9.78 Å². The summed E-state index contributed by atoms with van der Waals surface area (Å²) in [5, 5.41) is 3.31. The van der Waals surface area contributed by atoms with Crippen molar-refractivity contribution in [2.75, 3.05) is 18.5 Å². The minimum Gasteiger partial charge on any atom is -0.487 e. The number of nitrogens with one attached hydrogen (secondary N) is 2. The molecule has 1 fully saturated rings. The summed E-state index contributed by atoms with van der Waals surface area (Å²) in [6.07, 6.45) is 2.39. The molecule has 6 heteroatoms. The summed E-state index contributed by atoms with van der Waals surface area (Å²) in [6.45, 7) is 1.80. The molecule has 0 bridgehead atoms. The van der Waals surface area contributed by atoms with Crippen LogP contribution in [0.5, 0.6) is 5.75 Å². The average Bonchev–Trinajstić information content (AvgIpc) is 2.76. The molecule has 1 saturated heterocycles. The molecule has 2 aliphatic rings. The highest BCUT2D eigenvalue weighted by Gasteiger charge is 2.20. The lowest BCUT2D eigenvalue weighted by molar-refractivity contribution is 0.0903. The molecule has 0 spiro atoms. The molecule has 0 unspecified atom stereocenters. The maximum absolute atomic E-state index is 12.5. The van der Waals surface area contributed by atoms with Crippen LogP contribution in [0, 0.1) is 0 Å². The van der Waals surface area contributed by atoms with Crippen LogP contribution in [-0.2, 0) is 17.8 Å². The summed E-state index contributed by atoms with van der Waals surface area (Å²) in [5.41, 5.74) is 2.32. The van der Waals surface area contributed by atoms with Crippen molar-refractivity contribution in [3.05, 3.63) is 51.4 Å². The van der Waals surface area contributed by atoms with E-state index in [9.17, 15) is 4.79 Å². The molecule has 0 saturated carbocycles. The Balaban J connectivity index is 1.62. The molecular weight excluding hydrogens is 294 g/mol. The Morgan fingerprint density at radius 2 is 2.04 bits per heavy atom. The van der Waals surface area contributed by atoms with Gasteiger partial charge in [0.2, 0.25) is 5.95 Å². The van der Waals surface area contributed by atoms with Crippen LogP contribution >= 0.6 is 0 Å². The van der Waals surface area contributed by atoms with Crippen LogP contribution in [0.3, 0.4) is 0 Å². The fraction of sp³-hybridized carbons (Fsp3) is 0.412. The molecule has 4 rings (SSSR count). The summed E-state index contributed by atoms with van der Waals surface area (Å²) in [5.74, 6) is 1.35. The van der Waals surface area contributed by atoms with E-state index >= 15 is 0 Å². The van der Waals surface area contributed by atoms with E-state index in [1.807, 2.05) is 24.3 Å². The molecule has 1 aromatic heterocycles.